The molecule has 5 amide bonds. The summed E-state index contributed by atoms with van der Waals surface area (Å²) >= 11 is 4.90. The van der Waals surface area contributed by atoms with Gasteiger partial charge in [0.2, 0.25) is 17.7 Å². The van der Waals surface area contributed by atoms with Gasteiger partial charge in [0.05, 0.1) is 16.5 Å². The second kappa shape index (κ2) is 24.6. The molecule has 19 heteroatoms. The number of aromatic nitrogens is 1. The van der Waals surface area contributed by atoms with E-state index in [1.165, 1.54) is 28.3 Å². The van der Waals surface area contributed by atoms with Gasteiger partial charge in [-0.15, -0.1) is 0 Å². The van der Waals surface area contributed by atoms with Gasteiger partial charge >= 0.3 is 18.3 Å². The molecule has 0 saturated carbocycles. The molecule has 0 saturated heterocycles. The van der Waals surface area contributed by atoms with Crippen molar-refractivity contribution in [3.63, 3.8) is 0 Å². The Kier molecular flexibility index (Phi) is 19.4. The largest absolute Gasteiger partial charge is 0.507 e. The Morgan fingerprint density at radius 1 is 0.761 bits per heavy atom. The first-order chi connectivity index (χ1) is 33.3. The number of nitrogens with one attached hydrogen (secondary N) is 5. The van der Waals surface area contributed by atoms with Crippen LogP contribution in [0, 0.1) is 0 Å². The summed E-state index contributed by atoms with van der Waals surface area (Å²) in [6, 6.07) is 14.8. The SMILES string of the molecule is CN1C(=O)[C@H](CCCCNC(=O)OC(C)(C)C)NC(=O)[C@H](CCCNC(=O)OC(C)(C)C)NCc2ccc(Br)cc2Sc2c(O)cccc2CNC(=O)[C@@H]1Cc1cn(C(=O)OC(C)(C)C)c2ccccc12. The van der Waals surface area contributed by atoms with Crippen LogP contribution in [0.4, 0.5) is 14.4 Å². The summed E-state index contributed by atoms with van der Waals surface area (Å²) < 4.78 is 18.7. The van der Waals surface area contributed by atoms with Gasteiger partial charge in [0.15, 0.2) is 0 Å². The van der Waals surface area contributed by atoms with E-state index in [9.17, 15) is 29.1 Å². The topological polar surface area (TPSA) is 219 Å². The molecule has 0 aliphatic carbocycles. The highest BCUT2D eigenvalue weighted by Crippen LogP contribution is 2.40. The van der Waals surface area contributed by atoms with Gasteiger partial charge in [-0.3, -0.25) is 19.0 Å². The number of phenolic OH excluding ortho intramolecular Hbond substituents is 1. The Balaban J connectivity index is 1.56. The first-order valence-corrected chi connectivity index (χ1v) is 25.5. The van der Waals surface area contributed by atoms with Crippen LogP contribution in [0.2, 0.25) is 0 Å². The van der Waals surface area contributed by atoms with Crippen LogP contribution < -0.4 is 26.6 Å². The molecular weight excluding hydrogens is 995 g/mol. The number of benzene rings is 3. The van der Waals surface area contributed by atoms with Gasteiger partial charge in [-0.2, -0.15) is 0 Å². The number of aromatic hydroxyl groups is 1. The van der Waals surface area contributed by atoms with E-state index in [1.807, 2.05) is 36.4 Å². The fraction of sp³-hybridized carbons (Fsp3) is 0.500. The van der Waals surface area contributed by atoms with Gasteiger partial charge in [-0.1, -0.05) is 64.1 Å². The molecule has 17 nitrogen and oxygen atoms in total. The van der Waals surface area contributed by atoms with E-state index in [4.69, 9.17) is 14.2 Å². The average molecular weight is 1070 g/mol. The third kappa shape index (κ3) is 17.2. The molecule has 1 aliphatic rings. The number of ether oxygens (including phenoxy) is 3. The number of likely N-dealkylation sites (N-methyl/N-ethyl adjacent to an activating group) is 1. The standard InChI is InChI=1S/C52H70BrN7O10S/c1-50(2,3)68-47(65)54-25-14-13-19-38-46(64)59(10)40(27-34-31-60(49(67)70-52(7,8)9)39-21-12-11-18-36(34)39)45(63)57-30-33-17-15-22-41(61)43(33)71-42-28-35(53)24-23-32(42)29-56-37(44(62)58-38)20-16-26-55-48(66)69-51(4,5)6/h11-12,15,17-18,21-24,28,31,37-38,40,56,61H,13-14,16,19-20,25-27,29-30H2,1-10H3,(H,54,65)(H,55,66)(H,57,63)(H,58,62)/t37-,38-,40-/m0/s1. The van der Waals surface area contributed by atoms with Crippen LogP contribution in [0.3, 0.4) is 0 Å². The molecule has 0 radical (unpaired) electrons. The summed E-state index contributed by atoms with van der Waals surface area (Å²) in [5.41, 5.74) is 0.368. The molecule has 3 atom stereocenters. The Labute approximate surface area is 429 Å². The van der Waals surface area contributed by atoms with Crippen molar-refractivity contribution in [2.45, 2.75) is 159 Å². The maximum absolute atomic E-state index is 15.1. The minimum Gasteiger partial charge on any atom is -0.507 e. The number of hydrogen-bond acceptors (Lipinski definition) is 12. The first kappa shape index (κ1) is 56.1. The number of hydrogen-bond donors (Lipinski definition) is 6. The van der Waals surface area contributed by atoms with Crippen molar-refractivity contribution in [1.82, 2.24) is 36.1 Å². The van der Waals surface area contributed by atoms with Crippen molar-refractivity contribution in [3.8, 4) is 5.75 Å². The molecule has 1 aromatic heterocycles. The Hall–Kier alpha value is -5.79. The van der Waals surface area contributed by atoms with E-state index < -0.39 is 70.9 Å². The van der Waals surface area contributed by atoms with Crippen LogP contribution in [-0.4, -0.2) is 106 Å². The predicted molar refractivity (Wildman–Crippen MR) is 276 cm³/mol. The zero-order chi connectivity index (χ0) is 52.3. The number of halogens is 1. The van der Waals surface area contributed by atoms with E-state index in [2.05, 4.69) is 42.5 Å². The third-order valence-corrected chi connectivity index (χ3v) is 12.9. The number of rotatable bonds is 11. The maximum Gasteiger partial charge on any atom is 0.419 e. The lowest BCUT2D eigenvalue weighted by molar-refractivity contribution is -0.142. The number of fused-ring (bicyclic) bond motifs is 3. The maximum atomic E-state index is 15.1. The molecular formula is C52H70BrN7O10S. The summed E-state index contributed by atoms with van der Waals surface area (Å²) in [6.45, 7) is 16.5. The monoisotopic (exact) mass is 1060 g/mol. The Bertz CT molecular complexity index is 2550. The van der Waals surface area contributed by atoms with Gasteiger partial charge in [0.1, 0.15) is 34.6 Å². The molecule has 386 valence electrons. The molecule has 0 bridgehead atoms. The van der Waals surface area contributed by atoms with E-state index >= 15 is 4.79 Å². The normalized spacial score (nSPS) is 17.5. The van der Waals surface area contributed by atoms with Crippen LogP contribution in [0.25, 0.3) is 10.9 Å². The zero-order valence-corrected chi connectivity index (χ0v) is 44.9. The van der Waals surface area contributed by atoms with E-state index in [-0.39, 0.29) is 51.2 Å². The second-order valence-electron chi connectivity index (χ2n) is 20.5. The number of unbranched alkanes of at least 4 members (excludes halogenated alkanes) is 1. The van der Waals surface area contributed by atoms with E-state index in [0.717, 1.165) is 14.9 Å². The summed E-state index contributed by atoms with van der Waals surface area (Å²) in [5.74, 6) is -1.56. The van der Waals surface area contributed by atoms with Crippen LogP contribution >= 0.6 is 27.7 Å². The summed E-state index contributed by atoms with van der Waals surface area (Å²) in [4.78, 5) is 85.7. The summed E-state index contributed by atoms with van der Waals surface area (Å²) in [7, 11) is 1.51. The number of para-hydroxylation sites is 1. The molecule has 0 fully saturated rings. The molecule has 3 aromatic carbocycles. The minimum absolute atomic E-state index is 0.00349. The number of carbonyl (C=O) groups is 6. The Morgan fingerprint density at radius 3 is 2.06 bits per heavy atom. The van der Waals surface area contributed by atoms with Gasteiger partial charge in [-0.25, -0.2) is 14.4 Å². The lowest BCUT2D eigenvalue weighted by Gasteiger charge is -2.32. The van der Waals surface area contributed by atoms with Crippen LogP contribution in [-0.2, 0) is 48.1 Å². The van der Waals surface area contributed by atoms with Crippen molar-refractivity contribution in [2.75, 3.05) is 20.1 Å². The van der Waals surface area contributed by atoms with Crippen molar-refractivity contribution >= 4 is 74.6 Å². The van der Waals surface area contributed by atoms with Crippen molar-refractivity contribution in [2.24, 2.45) is 0 Å². The van der Waals surface area contributed by atoms with E-state index in [0.29, 0.717) is 46.2 Å². The van der Waals surface area contributed by atoms with Gasteiger partial charge in [0.25, 0.3) is 0 Å². The molecule has 1 aliphatic heterocycles. The highest BCUT2D eigenvalue weighted by atomic mass is 79.9. The van der Waals surface area contributed by atoms with Crippen molar-refractivity contribution < 1.29 is 48.1 Å². The number of alkyl carbamates (subject to hydrolysis) is 2. The molecule has 4 aromatic rings. The van der Waals surface area contributed by atoms with Gasteiger partial charge in [-0.05, 0) is 135 Å². The minimum atomic E-state index is -1.18. The molecule has 0 unspecified atom stereocenters. The van der Waals surface area contributed by atoms with Crippen LogP contribution in [0.1, 0.15) is 111 Å². The highest BCUT2D eigenvalue weighted by Gasteiger charge is 2.35. The lowest BCUT2D eigenvalue weighted by Crippen LogP contribution is -2.57. The molecule has 71 heavy (non-hydrogen) atoms. The summed E-state index contributed by atoms with van der Waals surface area (Å²) in [6.07, 6.45) is 1.37. The number of phenols is 1. The average Bonchev–Trinajstić information content (AvgIpc) is 3.64. The second-order valence-corrected chi connectivity index (χ2v) is 22.5. The third-order valence-electron chi connectivity index (χ3n) is 11.1. The number of nitrogens with zero attached hydrogens (tertiary/aromatic N) is 2. The molecule has 5 rings (SSSR count). The van der Waals surface area contributed by atoms with Gasteiger partial charge in [0, 0.05) is 60.6 Å². The van der Waals surface area contributed by atoms with Crippen LogP contribution in [0.5, 0.6) is 5.75 Å². The first-order valence-electron chi connectivity index (χ1n) is 23.9. The highest BCUT2D eigenvalue weighted by molar-refractivity contribution is 9.10. The molecule has 6 N–H and O–H groups in total. The number of carbonyl (C=O) groups excluding carboxylic acids is 6. The van der Waals surface area contributed by atoms with Gasteiger partial charge < -0.3 is 50.8 Å². The fourth-order valence-electron chi connectivity index (χ4n) is 7.77. The molecule has 0 spiro atoms. The van der Waals surface area contributed by atoms with Crippen LogP contribution in [0.15, 0.2) is 81.1 Å². The Morgan fingerprint density at radius 2 is 1.39 bits per heavy atom. The zero-order valence-electron chi connectivity index (χ0n) is 42.5. The fourth-order valence-corrected chi connectivity index (χ4v) is 9.41. The summed E-state index contributed by atoms with van der Waals surface area (Å²) in [5, 5.41) is 26.9. The number of amides is 5. The lowest BCUT2D eigenvalue weighted by atomic mass is 10.0. The van der Waals surface area contributed by atoms with E-state index in [1.54, 1.807) is 92.8 Å². The predicted octanol–water partition coefficient (Wildman–Crippen LogP) is 8.69. The smallest absolute Gasteiger partial charge is 0.419 e. The molecule has 2 heterocycles. The van der Waals surface area contributed by atoms with Crippen molar-refractivity contribution in [1.29, 1.82) is 0 Å². The quantitative estimate of drug-likeness (QED) is 0.0614. The van der Waals surface area contributed by atoms with Crippen molar-refractivity contribution in [3.05, 3.63) is 88.0 Å².